The number of hydrogen-bond acceptors (Lipinski definition) is 0. The van der Waals surface area contributed by atoms with Crippen LogP contribution >= 0.6 is 0 Å². The molecule has 0 spiro atoms. The second-order valence-corrected chi connectivity index (χ2v) is 7.11. The van der Waals surface area contributed by atoms with E-state index in [-0.39, 0.29) is 5.56 Å². The highest BCUT2D eigenvalue weighted by Gasteiger charge is 2.18. The molecule has 1 saturated carbocycles. The van der Waals surface area contributed by atoms with Gasteiger partial charge in [0.2, 0.25) is 0 Å². The van der Waals surface area contributed by atoms with Crippen molar-refractivity contribution in [2.24, 2.45) is 5.92 Å². The summed E-state index contributed by atoms with van der Waals surface area (Å²) in [6.07, 6.45) is 6.12. The summed E-state index contributed by atoms with van der Waals surface area (Å²) in [6.45, 7) is 3.87. The Morgan fingerprint density at radius 3 is 2.28 bits per heavy atom. The average molecular weight is 337 g/mol. The Kier molecular flexibility index (Phi) is 5.53. The molecule has 129 valence electrons. The molecule has 0 aromatic heterocycles. The van der Waals surface area contributed by atoms with E-state index in [0.717, 1.165) is 17.9 Å². The zero-order valence-electron chi connectivity index (χ0n) is 14.8. The fourth-order valence-corrected chi connectivity index (χ4v) is 3.22. The van der Waals surface area contributed by atoms with Crippen molar-refractivity contribution < 1.29 is 8.78 Å². The minimum Gasteiger partial charge on any atom is -0.203 e. The summed E-state index contributed by atoms with van der Waals surface area (Å²) in [5.74, 6) is 6.46. The van der Waals surface area contributed by atoms with Crippen molar-refractivity contribution in [2.75, 3.05) is 0 Å². The molecule has 1 aliphatic carbocycles. The van der Waals surface area contributed by atoms with Crippen LogP contribution in [0.4, 0.5) is 8.78 Å². The van der Waals surface area contributed by atoms with E-state index >= 15 is 0 Å². The third-order valence-electron chi connectivity index (χ3n) is 5.01. The molecule has 0 aliphatic heterocycles. The predicted molar refractivity (Wildman–Crippen MR) is 98.1 cm³/mol. The molecule has 2 heteroatoms. The van der Waals surface area contributed by atoms with Crippen molar-refractivity contribution in [2.45, 2.75) is 46.0 Å². The summed E-state index contributed by atoms with van der Waals surface area (Å²) < 4.78 is 27.4. The lowest BCUT2D eigenvalue weighted by Gasteiger charge is -2.25. The molecule has 2 aromatic rings. The molecule has 0 unspecified atom stereocenters. The van der Waals surface area contributed by atoms with Gasteiger partial charge >= 0.3 is 0 Å². The third kappa shape index (κ3) is 4.48. The van der Waals surface area contributed by atoms with Crippen LogP contribution in [-0.4, -0.2) is 0 Å². The first-order chi connectivity index (χ1) is 12.0. The van der Waals surface area contributed by atoms with Crippen molar-refractivity contribution >= 4 is 0 Å². The Balaban J connectivity index is 1.67. The second kappa shape index (κ2) is 7.83. The molecule has 0 amide bonds. The number of rotatable bonds is 2. The fraction of sp³-hybridized carbons (Fsp3) is 0.348. The molecule has 0 bridgehead atoms. The van der Waals surface area contributed by atoms with Gasteiger partial charge in [0.15, 0.2) is 11.6 Å². The summed E-state index contributed by atoms with van der Waals surface area (Å²) >= 11 is 0. The van der Waals surface area contributed by atoms with Crippen LogP contribution in [0.3, 0.4) is 0 Å². The summed E-state index contributed by atoms with van der Waals surface area (Å²) in [4.78, 5) is 0. The van der Waals surface area contributed by atoms with Crippen LogP contribution in [0.5, 0.6) is 0 Å². The smallest absolute Gasteiger partial charge is 0.174 e. The minimum atomic E-state index is -0.868. The monoisotopic (exact) mass is 337 g/mol. The van der Waals surface area contributed by atoms with Gasteiger partial charge in [0.05, 0.1) is 5.56 Å². The zero-order chi connectivity index (χ0) is 17.8. The maximum Gasteiger partial charge on any atom is 0.174 e. The van der Waals surface area contributed by atoms with Crippen LogP contribution in [0.1, 0.15) is 54.9 Å². The van der Waals surface area contributed by atoms with Crippen molar-refractivity contribution in [1.29, 1.82) is 0 Å². The first-order valence-electron chi connectivity index (χ1n) is 8.92. The maximum atomic E-state index is 13.8. The molecule has 1 radical (unpaired) electrons. The number of halogens is 2. The second-order valence-electron chi connectivity index (χ2n) is 7.11. The van der Waals surface area contributed by atoms with Gasteiger partial charge in [-0.2, -0.15) is 0 Å². The molecule has 1 fully saturated rings. The molecule has 3 rings (SSSR count). The van der Waals surface area contributed by atoms with E-state index in [1.165, 1.54) is 37.3 Å². The van der Waals surface area contributed by atoms with E-state index in [1.54, 1.807) is 18.9 Å². The topological polar surface area (TPSA) is 0 Å². The molecular formula is C23H23F2. The zero-order valence-corrected chi connectivity index (χ0v) is 14.8. The highest BCUT2D eigenvalue weighted by Crippen LogP contribution is 2.32. The van der Waals surface area contributed by atoms with E-state index in [4.69, 9.17) is 0 Å². The lowest BCUT2D eigenvalue weighted by molar-refractivity contribution is 0.400. The van der Waals surface area contributed by atoms with Crippen molar-refractivity contribution in [3.05, 3.63) is 76.2 Å². The Labute approximate surface area is 149 Å². The standard InChI is InChI=1S/C23H23F2/c1-16-3-6-19(7-4-16)15-20-10-8-18(9-11-20)12-14-21-13-5-17(2)22(24)23(21)25/h5,8-11,13,16H,3-4,6-7,15H2,1-2H3. The number of aryl methyl sites for hydroxylation is 1. The molecule has 0 N–H and O–H groups in total. The van der Waals surface area contributed by atoms with Crippen LogP contribution < -0.4 is 0 Å². The predicted octanol–water partition coefficient (Wildman–Crippen LogP) is 6.00. The normalized spacial score (nSPS) is 15.7. The van der Waals surface area contributed by atoms with E-state index in [9.17, 15) is 8.78 Å². The first-order valence-corrected chi connectivity index (χ1v) is 8.92. The van der Waals surface area contributed by atoms with Crippen LogP contribution in [0.25, 0.3) is 0 Å². The summed E-state index contributed by atoms with van der Waals surface area (Å²) in [5.41, 5.74) is 2.50. The Morgan fingerprint density at radius 1 is 0.920 bits per heavy atom. The van der Waals surface area contributed by atoms with Crippen molar-refractivity contribution in [1.82, 2.24) is 0 Å². The molecule has 2 aromatic carbocycles. The average Bonchev–Trinajstić information content (AvgIpc) is 2.62. The third-order valence-corrected chi connectivity index (χ3v) is 5.01. The number of hydrogen-bond donors (Lipinski definition) is 0. The van der Waals surface area contributed by atoms with Crippen LogP contribution in [0.15, 0.2) is 36.4 Å². The van der Waals surface area contributed by atoms with Gasteiger partial charge in [-0.25, -0.2) is 8.78 Å². The van der Waals surface area contributed by atoms with E-state index < -0.39 is 11.6 Å². The van der Waals surface area contributed by atoms with Crippen LogP contribution in [-0.2, 0) is 6.42 Å². The highest BCUT2D eigenvalue weighted by atomic mass is 19.2. The lowest BCUT2D eigenvalue weighted by Crippen LogP contribution is -2.12. The molecular weight excluding hydrogens is 314 g/mol. The SMILES string of the molecule is Cc1ccc(C#Cc2ccc(C[C]3CCC(C)CC3)cc2)c(F)c1F. The first kappa shape index (κ1) is 17.7. The summed E-state index contributed by atoms with van der Waals surface area (Å²) in [7, 11) is 0. The van der Waals surface area contributed by atoms with Gasteiger partial charge in [0.25, 0.3) is 0 Å². The molecule has 0 nitrogen and oxygen atoms in total. The molecule has 1 aliphatic rings. The fourth-order valence-electron chi connectivity index (χ4n) is 3.22. The van der Waals surface area contributed by atoms with Gasteiger partial charge in [-0.05, 0) is 67.3 Å². The van der Waals surface area contributed by atoms with Gasteiger partial charge < -0.3 is 0 Å². The molecule has 25 heavy (non-hydrogen) atoms. The Hall–Kier alpha value is -2.14. The number of benzene rings is 2. The van der Waals surface area contributed by atoms with Gasteiger partial charge in [0.1, 0.15) is 0 Å². The van der Waals surface area contributed by atoms with Crippen LogP contribution in [0, 0.1) is 42.2 Å². The Morgan fingerprint density at radius 2 is 1.60 bits per heavy atom. The van der Waals surface area contributed by atoms with Gasteiger partial charge in [-0.15, -0.1) is 0 Å². The van der Waals surface area contributed by atoms with E-state index in [2.05, 4.69) is 30.9 Å². The van der Waals surface area contributed by atoms with Gasteiger partial charge in [-0.3, -0.25) is 0 Å². The summed E-state index contributed by atoms with van der Waals surface area (Å²) in [5, 5.41) is 0. The van der Waals surface area contributed by atoms with E-state index in [1.807, 2.05) is 12.1 Å². The van der Waals surface area contributed by atoms with Gasteiger partial charge in [0, 0.05) is 5.56 Å². The minimum absolute atomic E-state index is 0.0963. The maximum absolute atomic E-state index is 13.8. The molecule has 0 atom stereocenters. The summed E-state index contributed by atoms with van der Waals surface area (Å²) in [6, 6.07) is 11.2. The van der Waals surface area contributed by atoms with Crippen molar-refractivity contribution in [3.8, 4) is 11.8 Å². The van der Waals surface area contributed by atoms with Crippen LogP contribution in [0.2, 0.25) is 0 Å². The quantitative estimate of drug-likeness (QED) is 0.590. The van der Waals surface area contributed by atoms with Gasteiger partial charge in [-0.1, -0.05) is 49.8 Å². The highest BCUT2D eigenvalue weighted by molar-refractivity contribution is 5.45. The Bertz CT molecular complexity index is 785. The molecule has 0 heterocycles. The van der Waals surface area contributed by atoms with E-state index in [0.29, 0.717) is 5.56 Å². The van der Waals surface area contributed by atoms with Crippen molar-refractivity contribution in [3.63, 3.8) is 0 Å². The molecule has 0 saturated heterocycles. The largest absolute Gasteiger partial charge is 0.203 e. The lowest BCUT2D eigenvalue weighted by atomic mass is 9.80.